The topological polar surface area (TPSA) is 93.6 Å². The van der Waals surface area contributed by atoms with Gasteiger partial charge in [0.05, 0.1) is 16.8 Å². The average molecular weight is 421 g/mol. The van der Waals surface area contributed by atoms with E-state index in [1.54, 1.807) is 18.5 Å². The summed E-state index contributed by atoms with van der Waals surface area (Å²) in [4.78, 5) is 19.4. The van der Waals surface area contributed by atoms with E-state index in [0.29, 0.717) is 11.3 Å². The van der Waals surface area contributed by atoms with Gasteiger partial charge in [-0.05, 0) is 48.0 Å². The summed E-state index contributed by atoms with van der Waals surface area (Å²) in [6, 6.07) is 12.9. The number of halogens is 3. The molecule has 2 aromatic carbocycles. The third kappa shape index (κ3) is 4.33. The standard InChI is InChI=1S/C22H14F3N5O/c23-22(24,25)16-2-4-17(5-3-16)29-21(31)30-20-12-28-19-6-1-14(8-18(19)20)15-7-13(9-26)10-27-11-15/h1-8,10-12,28H,(H2,29,30,31). The van der Waals surface area contributed by atoms with Crippen molar-refractivity contribution in [2.75, 3.05) is 10.6 Å². The van der Waals surface area contributed by atoms with Crippen molar-refractivity contribution < 1.29 is 18.0 Å². The van der Waals surface area contributed by atoms with Crippen molar-refractivity contribution in [3.63, 3.8) is 0 Å². The molecule has 0 bridgehead atoms. The van der Waals surface area contributed by atoms with Gasteiger partial charge in [0.2, 0.25) is 0 Å². The molecular weight excluding hydrogens is 407 g/mol. The van der Waals surface area contributed by atoms with Crippen LogP contribution < -0.4 is 10.6 Å². The molecule has 0 atom stereocenters. The Bertz CT molecular complexity index is 1300. The first-order chi connectivity index (χ1) is 14.8. The first-order valence-corrected chi connectivity index (χ1v) is 9.05. The normalized spacial score (nSPS) is 11.2. The minimum atomic E-state index is -4.44. The smallest absolute Gasteiger partial charge is 0.359 e. The van der Waals surface area contributed by atoms with Crippen LogP contribution in [0.25, 0.3) is 22.0 Å². The summed E-state index contributed by atoms with van der Waals surface area (Å²) in [6.45, 7) is 0. The van der Waals surface area contributed by atoms with Gasteiger partial charge < -0.3 is 15.6 Å². The Morgan fingerprint density at radius 3 is 2.48 bits per heavy atom. The van der Waals surface area contributed by atoms with Gasteiger partial charge in [-0.15, -0.1) is 0 Å². The van der Waals surface area contributed by atoms with E-state index in [1.165, 1.54) is 18.3 Å². The lowest BCUT2D eigenvalue weighted by Crippen LogP contribution is -2.19. The quantitative estimate of drug-likeness (QED) is 0.392. The molecule has 4 aromatic rings. The number of hydrogen-bond acceptors (Lipinski definition) is 3. The van der Waals surface area contributed by atoms with Crippen LogP contribution in [0.5, 0.6) is 0 Å². The molecule has 0 radical (unpaired) electrons. The van der Waals surface area contributed by atoms with E-state index in [-0.39, 0.29) is 5.69 Å². The highest BCUT2D eigenvalue weighted by molar-refractivity contribution is 6.06. The molecule has 0 saturated carbocycles. The van der Waals surface area contributed by atoms with Crippen molar-refractivity contribution in [1.29, 1.82) is 5.26 Å². The monoisotopic (exact) mass is 421 g/mol. The molecule has 0 aliphatic heterocycles. The summed E-state index contributed by atoms with van der Waals surface area (Å²) in [5.41, 5.74) is 2.69. The summed E-state index contributed by atoms with van der Waals surface area (Å²) in [5, 5.41) is 15.0. The number of nitrogens with one attached hydrogen (secondary N) is 3. The molecule has 4 rings (SSSR count). The molecule has 154 valence electrons. The fourth-order valence-corrected chi connectivity index (χ4v) is 3.09. The third-order valence-corrected chi connectivity index (χ3v) is 4.60. The largest absolute Gasteiger partial charge is 0.416 e. The van der Waals surface area contributed by atoms with Crippen LogP contribution >= 0.6 is 0 Å². The third-order valence-electron chi connectivity index (χ3n) is 4.60. The van der Waals surface area contributed by atoms with Crippen LogP contribution in [-0.2, 0) is 6.18 Å². The predicted molar refractivity (Wildman–Crippen MR) is 110 cm³/mol. The van der Waals surface area contributed by atoms with Crippen LogP contribution in [0.15, 0.2) is 67.1 Å². The zero-order valence-electron chi connectivity index (χ0n) is 15.8. The number of aromatic amines is 1. The first kappa shape index (κ1) is 20.0. The van der Waals surface area contributed by atoms with E-state index in [0.717, 1.165) is 34.2 Å². The molecule has 0 aliphatic carbocycles. The number of rotatable bonds is 3. The summed E-state index contributed by atoms with van der Waals surface area (Å²) in [7, 11) is 0. The highest BCUT2D eigenvalue weighted by Gasteiger charge is 2.30. The van der Waals surface area contributed by atoms with E-state index in [2.05, 4.69) is 20.6 Å². The van der Waals surface area contributed by atoms with Gasteiger partial charge in [0.25, 0.3) is 0 Å². The number of carbonyl (C=O) groups excluding carboxylic acids is 1. The second-order valence-electron chi connectivity index (χ2n) is 6.69. The van der Waals surface area contributed by atoms with Gasteiger partial charge in [-0.25, -0.2) is 4.79 Å². The fraction of sp³-hybridized carbons (Fsp3) is 0.0455. The molecule has 0 aliphatic rings. The number of carbonyl (C=O) groups is 1. The molecule has 0 unspecified atom stereocenters. The Balaban J connectivity index is 1.54. The predicted octanol–water partition coefficient (Wildman–Crippen LogP) is 5.76. The summed E-state index contributed by atoms with van der Waals surface area (Å²) >= 11 is 0. The van der Waals surface area contributed by atoms with Crippen LogP contribution in [-0.4, -0.2) is 16.0 Å². The number of benzene rings is 2. The molecular formula is C22H14F3N5O. The van der Waals surface area contributed by atoms with Crippen LogP contribution in [0.2, 0.25) is 0 Å². The summed E-state index contributed by atoms with van der Waals surface area (Å²) in [5.74, 6) is 0. The second-order valence-corrected chi connectivity index (χ2v) is 6.69. The zero-order chi connectivity index (χ0) is 22.0. The van der Waals surface area contributed by atoms with Crippen LogP contribution in [0.3, 0.4) is 0 Å². The first-order valence-electron chi connectivity index (χ1n) is 9.05. The van der Waals surface area contributed by atoms with E-state index in [1.807, 2.05) is 24.3 Å². The fourth-order valence-electron chi connectivity index (χ4n) is 3.09. The Kier molecular flexibility index (Phi) is 5.05. The van der Waals surface area contributed by atoms with Gasteiger partial charge in [0.1, 0.15) is 6.07 Å². The van der Waals surface area contributed by atoms with Crippen molar-refractivity contribution in [3.05, 3.63) is 78.2 Å². The average Bonchev–Trinajstić information content (AvgIpc) is 3.15. The van der Waals surface area contributed by atoms with Gasteiger partial charge in [0, 0.05) is 40.7 Å². The van der Waals surface area contributed by atoms with E-state index in [4.69, 9.17) is 5.26 Å². The Morgan fingerprint density at radius 2 is 1.77 bits per heavy atom. The molecule has 0 fully saturated rings. The molecule has 31 heavy (non-hydrogen) atoms. The molecule has 2 amide bonds. The number of nitriles is 1. The highest BCUT2D eigenvalue weighted by Crippen LogP contribution is 2.31. The Morgan fingerprint density at radius 1 is 1.00 bits per heavy atom. The summed E-state index contributed by atoms with van der Waals surface area (Å²) in [6.07, 6.45) is 0.283. The molecule has 2 heterocycles. The van der Waals surface area contributed by atoms with Crippen molar-refractivity contribution in [2.24, 2.45) is 0 Å². The Hall–Kier alpha value is -4.32. The van der Waals surface area contributed by atoms with Crippen molar-refractivity contribution in [3.8, 4) is 17.2 Å². The lowest BCUT2D eigenvalue weighted by molar-refractivity contribution is -0.137. The van der Waals surface area contributed by atoms with Gasteiger partial charge in [0.15, 0.2) is 0 Å². The van der Waals surface area contributed by atoms with Gasteiger partial charge >= 0.3 is 12.2 Å². The maximum Gasteiger partial charge on any atom is 0.416 e. The number of nitrogens with zero attached hydrogens (tertiary/aromatic N) is 2. The number of fused-ring (bicyclic) bond motifs is 1. The van der Waals surface area contributed by atoms with Gasteiger partial charge in [-0.1, -0.05) is 6.07 Å². The second kappa shape index (κ2) is 7.84. The number of amides is 2. The van der Waals surface area contributed by atoms with Crippen LogP contribution in [0, 0.1) is 11.3 Å². The van der Waals surface area contributed by atoms with Crippen molar-refractivity contribution in [2.45, 2.75) is 6.18 Å². The van der Waals surface area contributed by atoms with Gasteiger partial charge in [-0.3, -0.25) is 4.98 Å². The molecule has 0 saturated heterocycles. The minimum absolute atomic E-state index is 0.227. The van der Waals surface area contributed by atoms with Crippen molar-refractivity contribution >= 4 is 28.3 Å². The van der Waals surface area contributed by atoms with Crippen LogP contribution in [0.4, 0.5) is 29.3 Å². The SMILES string of the molecule is N#Cc1cncc(-c2ccc3[nH]cc(NC(=O)Nc4ccc(C(F)(F)F)cc4)c3c2)c1. The van der Waals surface area contributed by atoms with E-state index < -0.39 is 17.8 Å². The number of anilines is 2. The molecule has 6 nitrogen and oxygen atoms in total. The Labute approximate surface area is 174 Å². The molecule has 3 N–H and O–H groups in total. The molecule has 0 spiro atoms. The van der Waals surface area contributed by atoms with Gasteiger partial charge in [-0.2, -0.15) is 18.4 Å². The number of pyridine rings is 1. The minimum Gasteiger partial charge on any atom is -0.359 e. The zero-order valence-corrected chi connectivity index (χ0v) is 15.8. The number of H-pyrrole nitrogens is 1. The summed E-state index contributed by atoms with van der Waals surface area (Å²) < 4.78 is 38.0. The number of alkyl halides is 3. The maximum absolute atomic E-state index is 12.7. The highest BCUT2D eigenvalue weighted by atomic mass is 19.4. The molecule has 9 heteroatoms. The van der Waals surface area contributed by atoms with Crippen molar-refractivity contribution in [1.82, 2.24) is 9.97 Å². The lowest BCUT2D eigenvalue weighted by atomic mass is 10.0. The lowest BCUT2D eigenvalue weighted by Gasteiger charge is -2.10. The molecule has 2 aromatic heterocycles. The number of hydrogen-bond donors (Lipinski definition) is 3. The maximum atomic E-state index is 12.7. The van der Waals surface area contributed by atoms with E-state index >= 15 is 0 Å². The number of aromatic nitrogens is 2. The van der Waals surface area contributed by atoms with Crippen LogP contribution in [0.1, 0.15) is 11.1 Å². The van der Waals surface area contributed by atoms with E-state index in [9.17, 15) is 18.0 Å². The number of urea groups is 1.